The van der Waals surface area contributed by atoms with Crippen LogP contribution in [0.4, 0.5) is 0 Å². The molecule has 1 amide bonds. The fraction of sp³-hybridized carbons (Fsp3) is 0.818. The average Bonchev–Trinajstić information content (AvgIpc) is 2.15. The average molecular weight is 212 g/mol. The van der Waals surface area contributed by atoms with Gasteiger partial charge in [-0.1, -0.05) is 13.8 Å². The third kappa shape index (κ3) is 5.38. The highest BCUT2D eigenvalue weighted by Crippen LogP contribution is 2.10. The van der Waals surface area contributed by atoms with E-state index in [0.717, 1.165) is 6.42 Å². The van der Waals surface area contributed by atoms with Crippen LogP contribution in [0.2, 0.25) is 0 Å². The van der Waals surface area contributed by atoms with E-state index in [-0.39, 0.29) is 24.5 Å². The van der Waals surface area contributed by atoms with Crippen molar-refractivity contribution in [2.24, 2.45) is 11.8 Å². The normalized spacial score (nSPS) is 14.4. The SMILES string of the molecule is CC(CCCO)NC(=O)C(C#N)C(C)C. The Labute approximate surface area is 91.3 Å². The van der Waals surface area contributed by atoms with Crippen molar-refractivity contribution < 1.29 is 9.90 Å². The minimum atomic E-state index is -0.582. The number of hydrogen-bond acceptors (Lipinski definition) is 3. The number of nitriles is 1. The molecule has 0 rings (SSSR count). The van der Waals surface area contributed by atoms with E-state index in [1.807, 2.05) is 26.8 Å². The van der Waals surface area contributed by atoms with E-state index in [1.165, 1.54) is 0 Å². The van der Waals surface area contributed by atoms with E-state index in [2.05, 4.69) is 5.32 Å². The lowest BCUT2D eigenvalue weighted by molar-refractivity contribution is -0.125. The van der Waals surface area contributed by atoms with Crippen molar-refractivity contribution in [2.45, 2.75) is 39.7 Å². The molecule has 4 nitrogen and oxygen atoms in total. The van der Waals surface area contributed by atoms with E-state index >= 15 is 0 Å². The number of aliphatic hydroxyl groups excluding tert-OH is 1. The molecule has 0 aromatic rings. The lowest BCUT2D eigenvalue weighted by atomic mass is 9.96. The Kier molecular flexibility index (Phi) is 6.72. The van der Waals surface area contributed by atoms with E-state index in [4.69, 9.17) is 10.4 Å². The standard InChI is InChI=1S/C11H20N2O2/c1-8(2)10(7-12)11(15)13-9(3)5-4-6-14/h8-10,14H,4-6H2,1-3H3,(H,13,15). The molecule has 0 spiro atoms. The quantitative estimate of drug-likeness (QED) is 0.691. The summed E-state index contributed by atoms with van der Waals surface area (Å²) in [4.78, 5) is 11.6. The van der Waals surface area contributed by atoms with Crippen LogP contribution in [0.1, 0.15) is 33.6 Å². The van der Waals surface area contributed by atoms with Crippen molar-refractivity contribution in [3.8, 4) is 6.07 Å². The van der Waals surface area contributed by atoms with Crippen molar-refractivity contribution in [1.29, 1.82) is 5.26 Å². The first-order valence-electron chi connectivity index (χ1n) is 5.33. The van der Waals surface area contributed by atoms with E-state index in [1.54, 1.807) is 0 Å². The Hall–Kier alpha value is -1.08. The van der Waals surface area contributed by atoms with Gasteiger partial charge in [-0.05, 0) is 25.7 Å². The number of nitrogens with zero attached hydrogens (tertiary/aromatic N) is 1. The van der Waals surface area contributed by atoms with Gasteiger partial charge in [0.1, 0.15) is 5.92 Å². The van der Waals surface area contributed by atoms with Crippen LogP contribution < -0.4 is 5.32 Å². The number of hydrogen-bond donors (Lipinski definition) is 2. The van der Waals surface area contributed by atoms with Crippen molar-refractivity contribution in [3.63, 3.8) is 0 Å². The monoisotopic (exact) mass is 212 g/mol. The van der Waals surface area contributed by atoms with Gasteiger partial charge < -0.3 is 10.4 Å². The summed E-state index contributed by atoms with van der Waals surface area (Å²) in [5.41, 5.74) is 0. The van der Waals surface area contributed by atoms with Gasteiger partial charge in [0.05, 0.1) is 6.07 Å². The molecule has 2 N–H and O–H groups in total. The van der Waals surface area contributed by atoms with Gasteiger partial charge in [0.2, 0.25) is 5.91 Å². The highest BCUT2D eigenvalue weighted by molar-refractivity contribution is 5.81. The Balaban J connectivity index is 4.06. The molecule has 0 aromatic heterocycles. The molecule has 2 atom stereocenters. The van der Waals surface area contributed by atoms with Gasteiger partial charge >= 0.3 is 0 Å². The molecule has 0 saturated heterocycles. The lowest BCUT2D eigenvalue weighted by Gasteiger charge is -2.17. The number of nitrogens with one attached hydrogen (secondary N) is 1. The van der Waals surface area contributed by atoms with Crippen LogP contribution in [0.25, 0.3) is 0 Å². The topological polar surface area (TPSA) is 73.1 Å². The predicted molar refractivity (Wildman–Crippen MR) is 57.9 cm³/mol. The van der Waals surface area contributed by atoms with Crippen molar-refractivity contribution in [1.82, 2.24) is 5.32 Å². The predicted octanol–water partition coefficient (Wildman–Crippen LogP) is 1.06. The Morgan fingerprint density at radius 2 is 2.07 bits per heavy atom. The first-order valence-corrected chi connectivity index (χ1v) is 5.33. The molecule has 0 fully saturated rings. The van der Waals surface area contributed by atoms with Crippen LogP contribution in [0.5, 0.6) is 0 Å². The van der Waals surface area contributed by atoms with Gasteiger partial charge in [0, 0.05) is 12.6 Å². The van der Waals surface area contributed by atoms with E-state index in [0.29, 0.717) is 6.42 Å². The van der Waals surface area contributed by atoms with Crippen LogP contribution >= 0.6 is 0 Å². The van der Waals surface area contributed by atoms with Gasteiger partial charge in [0.15, 0.2) is 0 Å². The summed E-state index contributed by atoms with van der Waals surface area (Å²) in [6.45, 7) is 5.71. The molecule has 15 heavy (non-hydrogen) atoms. The molecule has 0 saturated carbocycles. The highest BCUT2D eigenvalue weighted by Gasteiger charge is 2.22. The summed E-state index contributed by atoms with van der Waals surface area (Å²) in [6.07, 6.45) is 1.40. The Bertz CT molecular complexity index is 233. The number of carbonyl (C=O) groups is 1. The summed E-state index contributed by atoms with van der Waals surface area (Å²) in [6, 6.07) is 2.01. The summed E-state index contributed by atoms with van der Waals surface area (Å²) >= 11 is 0. The fourth-order valence-electron chi connectivity index (χ4n) is 1.31. The van der Waals surface area contributed by atoms with Gasteiger partial charge in [0.25, 0.3) is 0 Å². The summed E-state index contributed by atoms with van der Waals surface area (Å²) in [5.74, 6) is -0.764. The zero-order chi connectivity index (χ0) is 11.8. The molecular formula is C11H20N2O2. The van der Waals surface area contributed by atoms with E-state index in [9.17, 15) is 4.79 Å². The molecule has 0 aliphatic rings. The van der Waals surface area contributed by atoms with Crippen LogP contribution in [-0.4, -0.2) is 23.7 Å². The largest absolute Gasteiger partial charge is 0.396 e. The number of amides is 1. The van der Waals surface area contributed by atoms with Gasteiger partial charge in [-0.3, -0.25) is 4.79 Å². The molecule has 0 bridgehead atoms. The highest BCUT2D eigenvalue weighted by atomic mass is 16.2. The summed E-state index contributed by atoms with van der Waals surface area (Å²) in [7, 11) is 0. The zero-order valence-electron chi connectivity index (χ0n) is 9.66. The molecule has 0 heterocycles. The van der Waals surface area contributed by atoms with Crippen LogP contribution in [0.3, 0.4) is 0 Å². The third-order valence-corrected chi connectivity index (χ3v) is 2.27. The lowest BCUT2D eigenvalue weighted by Crippen LogP contribution is -2.38. The molecule has 4 heteroatoms. The maximum Gasteiger partial charge on any atom is 0.237 e. The van der Waals surface area contributed by atoms with Crippen molar-refractivity contribution >= 4 is 5.91 Å². The summed E-state index contributed by atoms with van der Waals surface area (Å²) < 4.78 is 0. The summed E-state index contributed by atoms with van der Waals surface area (Å²) in [5, 5.41) is 20.2. The Morgan fingerprint density at radius 1 is 1.47 bits per heavy atom. The maximum atomic E-state index is 11.6. The second kappa shape index (κ2) is 7.24. The van der Waals surface area contributed by atoms with Crippen LogP contribution in [0.15, 0.2) is 0 Å². The minimum Gasteiger partial charge on any atom is -0.396 e. The first-order chi connectivity index (χ1) is 7.02. The first kappa shape index (κ1) is 13.9. The second-order valence-corrected chi connectivity index (χ2v) is 4.13. The zero-order valence-corrected chi connectivity index (χ0v) is 9.66. The molecule has 0 radical (unpaired) electrons. The fourth-order valence-corrected chi connectivity index (χ4v) is 1.31. The molecule has 86 valence electrons. The number of carbonyl (C=O) groups excluding carboxylic acids is 1. The molecule has 0 aliphatic carbocycles. The third-order valence-electron chi connectivity index (χ3n) is 2.27. The second-order valence-electron chi connectivity index (χ2n) is 4.13. The van der Waals surface area contributed by atoms with E-state index < -0.39 is 5.92 Å². The van der Waals surface area contributed by atoms with Crippen molar-refractivity contribution in [3.05, 3.63) is 0 Å². The van der Waals surface area contributed by atoms with Gasteiger partial charge in [-0.2, -0.15) is 5.26 Å². The maximum absolute atomic E-state index is 11.6. The molecule has 0 aromatic carbocycles. The van der Waals surface area contributed by atoms with Crippen molar-refractivity contribution in [2.75, 3.05) is 6.61 Å². The number of aliphatic hydroxyl groups is 1. The Morgan fingerprint density at radius 3 is 2.47 bits per heavy atom. The van der Waals surface area contributed by atoms with Crippen LogP contribution in [-0.2, 0) is 4.79 Å². The van der Waals surface area contributed by atoms with Crippen LogP contribution in [0, 0.1) is 23.2 Å². The van der Waals surface area contributed by atoms with Gasteiger partial charge in [-0.15, -0.1) is 0 Å². The molecular weight excluding hydrogens is 192 g/mol. The smallest absolute Gasteiger partial charge is 0.237 e. The molecule has 0 aliphatic heterocycles. The minimum absolute atomic E-state index is 0.0132. The van der Waals surface area contributed by atoms with Gasteiger partial charge in [-0.25, -0.2) is 0 Å². The number of rotatable bonds is 6. The molecule has 2 unspecified atom stereocenters.